The number of aromatic nitrogens is 4. The van der Waals surface area contributed by atoms with Gasteiger partial charge in [0, 0.05) is 30.4 Å². The van der Waals surface area contributed by atoms with E-state index in [4.69, 9.17) is 0 Å². The van der Waals surface area contributed by atoms with Crippen molar-refractivity contribution in [2.75, 3.05) is 0 Å². The fourth-order valence-electron chi connectivity index (χ4n) is 3.31. The van der Waals surface area contributed by atoms with Gasteiger partial charge in [0.15, 0.2) is 0 Å². The molecule has 1 amide bonds. The van der Waals surface area contributed by atoms with Crippen LogP contribution in [0.3, 0.4) is 0 Å². The molecule has 2 aromatic heterocycles. The van der Waals surface area contributed by atoms with Crippen molar-refractivity contribution in [1.29, 1.82) is 0 Å². The highest BCUT2D eigenvalue weighted by molar-refractivity contribution is 5.93. The normalized spacial score (nSPS) is 20.2. The Balaban J connectivity index is 1.55. The van der Waals surface area contributed by atoms with Crippen molar-refractivity contribution in [2.24, 2.45) is 7.05 Å². The third-order valence-corrected chi connectivity index (χ3v) is 4.73. The molecule has 23 heavy (non-hydrogen) atoms. The number of nitrogens with zero attached hydrogens (tertiary/aromatic N) is 4. The van der Waals surface area contributed by atoms with Crippen LogP contribution in [-0.2, 0) is 13.5 Å². The molecule has 2 aliphatic carbocycles. The molecule has 2 aromatic rings. The first-order valence-corrected chi connectivity index (χ1v) is 8.29. The summed E-state index contributed by atoms with van der Waals surface area (Å²) in [6.07, 6.45) is 7.16. The highest BCUT2D eigenvalue weighted by atomic mass is 16.2. The lowest BCUT2D eigenvalue weighted by molar-refractivity contribution is 0.0923. The summed E-state index contributed by atoms with van der Waals surface area (Å²) in [5.41, 5.74) is 3.80. The fourth-order valence-corrected chi connectivity index (χ4v) is 3.31. The average molecular weight is 311 g/mol. The number of nitrogens with one attached hydrogen (secondary N) is 1. The van der Waals surface area contributed by atoms with Crippen LogP contribution in [0.4, 0.5) is 0 Å². The Bertz CT molecular complexity index is 762. The lowest BCUT2D eigenvalue weighted by Crippen LogP contribution is -2.32. The molecule has 1 unspecified atom stereocenters. The second-order valence-corrected chi connectivity index (χ2v) is 6.59. The van der Waals surface area contributed by atoms with Crippen LogP contribution in [-0.4, -0.2) is 25.7 Å². The molecule has 1 fully saturated rings. The standard InChI is InChI=1S/C17H21N5O/c1-10-18-9-12-13(19-10)4-3-5-14(12)20-17(23)16-8-15(11-6-7-11)21-22(16)2/h8-9,11,14H,3-7H2,1-2H3,(H,20,23). The number of hydrogen-bond acceptors (Lipinski definition) is 4. The molecular formula is C17H21N5O. The Morgan fingerprint density at radius 2 is 2.17 bits per heavy atom. The summed E-state index contributed by atoms with van der Waals surface area (Å²) in [4.78, 5) is 21.5. The minimum absolute atomic E-state index is 0.00822. The van der Waals surface area contributed by atoms with Crippen LogP contribution in [0.2, 0.25) is 0 Å². The number of hydrogen-bond donors (Lipinski definition) is 1. The molecule has 1 saturated carbocycles. The minimum atomic E-state index is -0.0645. The molecule has 6 heteroatoms. The molecule has 0 aromatic carbocycles. The maximum atomic E-state index is 12.7. The van der Waals surface area contributed by atoms with E-state index in [2.05, 4.69) is 20.4 Å². The van der Waals surface area contributed by atoms with E-state index in [1.807, 2.05) is 26.2 Å². The SMILES string of the molecule is Cc1ncc2c(n1)CCCC2NC(=O)c1cc(C2CC2)nn1C. The van der Waals surface area contributed by atoms with Gasteiger partial charge in [-0.3, -0.25) is 9.48 Å². The van der Waals surface area contributed by atoms with Crippen molar-refractivity contribution in [1.82, 2.24) is 25.1 Å². The second kappa shape index (κ2) is 5.44. The average Bonchev–Trinajstić information content (AvgIpc) is 3.30. The summed E-state index contributed by atoms with van der Waals surface area (Å²) in [7, 11) is 1.84. The van der Waals surface area contributed by atoms with E-state index in [9.17, 15) is 4.79 Å². The van der Waals surface area contributed by atoms with Crippen molar-refractivity contribution in [2.45, 2.75) is 51.0 Å². The molecule has 6 nitrogen and oxygen atoms in total. The zero-order chi connectivity index (χ0) is 16.0. The van der Waals surface area contributed by atoms with E-state index in [0.717, 1.165) is 42.0 Å². The Hall–Kier alpha value is -2.24. The topological polar surface area (TPSA) is 72.7 Å². The molecule has 2 aliphatic rings. The quantitative estimate of drug-likeness (QED) is 0.943. The molecule has 0 bridgehead atoms. The van der Waals surface area contributed by atoms with Gasteiger partial charge in [-0.2, -0.15) is 5.10 Å². The Morgan fingerprint density at radius 1 is 1.35 bits per heavy atom. The highest BCUT2D eigenvalue weighted by Gasteiger charge is 2.29. The van der Waals surface area contributed by atoms with Gasteiger partial charge in [-0.05, 0) is 45.1 Å². The summed E-state index contributed by atoms with van der Waals surface area (Å²) < 4.78 is 1.69. The van der Waals surface area contributed by atoms with Gasteiger partial charge in [0.1, 0.15) is 11.5 Å². The third-order valence-electron chi connectivity index (χ3n) is 4.73. The monoisotopic (exact) mass is 311 g/mol. The van der Waals surface area contributed by atoms with Gasteiger partial charge in [-0.15, -0.1) is 0 Å². The first kappa shape index (κ1) is 14.4. The lowest BCUT2D eigenvalue weighted by atomic mass is 9.92. The second-order valence-electron chi connectivity index (χ2n) is 6.59. The van der Waals surface area contributed by atoms with Crippen LogP contribution in [0.15, 0.2) is 12.3 Å². The fraction of sp³-hybridized carbons (Fsp3) is 0.529. The highest BCUT2D eigenvalue weighted by Crippen LogP contribution is 2.39. The summed E-state index contributed by atoms with van der Waals surface area (Å²) >= 11 is 0. The predicted molar refractivity (Wildman–Crippen MR) is 85.1 cm³/mol. The van der Waals surface area contributed by atoms with Gasteiger partial charge in [-0.1, -0.05) is 0 Å². The Morgan fingerprint density at radius 3 is 2.96 bits per heavy atom. The summed E-state index contributed by atoms with van der Waals surface area (Å²) in [5, 5.41) is 7.62. The van der Waals surface area contributed by atoms with Crippen molar-refractivity contribution in [3.8, 4) is 0 Å². The molecular weight excluding hydrogens is 290 g/mol. The summed E-state index contributed by atoms with van der Waals surface area (Å²) in [6, 6.07) is 1.92. The summed E-state index contributed by atoms with van der Waals surface area (Å²) in [6.45, 7) is 1.90. The van der Waals surface area contributed by atoms with Gasteiger partial charge in [0.05, 0.1) is 11.7 Å². The molecule has 1 N–H and O–H groups in total. The van der Waals surface area contributed by atoms with Gasteiger partial charge >= 0.3 is 0 Å². The van der Waals surface area contributed by atoms with E-state index >= 15 is 0 Å². The van der Waals surface area contributed by atoms with E-state index < -0.39 is 0 Å². The first-order chi connectivity index (χ1) is 11.1. The summed E-state index contributed by atoms with van der Waals surface area (Å²) in [5.74, 6) is 1.27. The number of amides is 1. The predicted octanol–water partition coefficient (Wildman–Crippen LogP) is 2.20. The molecule has 4 rings (SSSR count). The first-order valence-electron chi connectivity index (χ1n) is 8.29. The molecule has 0 radical (unpaired) electrons. The van der Waals surface area contributed by atoms with Crippen LogP contribution in [0.25, 0.3) is 0 Å². The number of carbonyl (C=O) groups is 1. The van der Waals surface area contributed by atoms with Gasteiger partial charge in [-0.25, -0.2) is 9.97 Å². The molecule has 0 aliphatic heterocycles. The van der Waals surface area contributed by atoms with Crippen LogP contribution in [0.1, 0.15) is 70.9 Å². The maximum absolute atomic E-state index is 12.7. The van der Waals surface area contributed by atoms with E-state index in [1.165, 1.54) is 12.8 Å². The zero-order valence-corrected chi connectivity index (χ0v) is 13.5. The van der Waals surface area contributed by atoms with Crippen molar-refractivity contribution in [3.63, 3.8) is 0 Å². The van der Waals surface area contributed by atoms with E-state index in [0.29, 0.717) is 11.6 Å². The van der Waals surface area contributed by atoms with Crippen LogP contribution in [0, 0.1) is 6.92 Å². The zero-order valence-electron chi connectivity index (χ0n) is 13.5. The van der Waals surface area contributed by atoms with Crippen LogP contribution in [0.5, 0.6) is 0 Å². The molecule has 0 saturated heterocycles. The third kappa shape index (κ3) is 2.73. The van der Waals surface area contributed by atoms with E-state index in [-0.39, 0.29) is 11.9 Å². The number of carbonyl (C=O) groups excluding carboxylic acids is 1. The van der Waals surface area contributed by atoms with Crippen molar-refractivity contribution < 1.29 is 4.79 Å². The van der Waals surface area contributed by atoms with E-state index in [1.54, 1.807) is 4.68 Å². The van der Waals surface area contributed by atoms with Crippen molar-refractivity contribution >= 4 is 5.91 Å². The molecule has 0 spiro atoms. The lowest BCUT2D eigenvalue weighted by Gasteiger charge is -2.25. The Kier molecular flexibility index (Phi) is 3.39. The molecule has 1 atom stereocenters. The van der Waals surface area contributed by atoms with Gasteiger partial charge < -0.3 is 5.32 Å². The van der Waals surface area contributed by atoms with Gasteiger partial charge in [0.2, 0.25) is 0 Å². The minimum Gasteiger partial charge on any atom is -0.344 e. The number of fused-ring (bicyclic) bond motifs is 1. The smallest absolute Gasteiger partial charge is 0.270 e. The van der Waals surface area contributed by atoms with Crippen LogP contribution >= 0.6 is 0 Å². The van der Waals surface area contributed by atoms with Crippen LogP contribution < -0.4 is 5.32 Å². The number of aryl methyl sites for hydroxylation is 3. The Labute approximate surface area is 135 Å². The number of rotatable bonds is 3. The molecule has 2 heterocycles. The molecule has 120 valence electrons. The van der Waals surface area contributed by atoms with Crippen molar-refractivity contribution in [3.05, 3.63) is 40.7 Å². The maximum Gasteiger partial charge on any atom is 0.270 e. The largest absolute Gasteiger partial charge is 0.344 e. The van der Waals surface area contributed by atoms with Gasteiger partial charge in [0.25, 0.3) is 5.91 Å².